The minimum absolute atomic E-state index is 0.0589. The highest BCUT2D eigenvalue weighted by molar-refractivity contribution is 6.60. The summed E-state index contributed by atoms with van der Waals surface area (Å²) in [6, 6.07) is 0.859. The van der Waals surface area contributed by atoms with Gasteiger partial charge in [0.1, 0.15) is 6.10 Å². The first kappa shape index (κ1) is 16.4. The number of epoxide rings is 1. The molecule has 0 aromatic heterocycles. The van der Waals surface area contributed by atoms with Crippen LogP contribution in [0.15, 0.2) is 0 Å². The Morgan fingerprint density at radius 2 is 1.75 bits per heavy atom. The lowest BCUT2D eigenvalue weighted by atomic mass is 9.86. The van der Waals surface area contributed by atoms with Gasteiger partial charge in [-0.2, -0.15) is 0 Å². The number of ether oxygens (including phenoxy) is 1. The lowest BCUT2D eigenvalue weighted by molar-refractivity contribution is 0.0196. The van der Waals surface area contributed by atoms with E-state index < -0.39 is 14.6 Å². The zero-order chi connectivity index (χ0) is 14.6. The van der Waals surface area contributed by atoms with Gasteiger partial charge in [0.05, 0.1) is 0 Å². The monoisotopic (exact) mass is 304 g/mol. The van der Waals surface area contributed by atoms with Crippen LogP contribution in [0.4, 0.5) is 0 Å². The summed E-state index contributed by atoms with van der Waals surface area (Å²) < 4.78 is 23.0. The predicted octanol–water partition coefficient (Wildman–Crippen LogP) is 2.31. The topological polar surface area (TPSA) is 60.5 Å². The highest BCUT2D eigenvalue weighted by atomic mass is 28.4. The van der Waals surface area contributed by atoms with Crippen molar-refractivity contribution in [3.63, 3.8) is 0 Å². The molecule has 5 nitrogen and oxygen atoms in total. The van der Waals surface area contributed by atoms with Gasteiger partial charge in [-0.15, -0.1) is 0 Å². The highest BCUT2D eigenvalue weighted by Crippen LogP contribution is 2.48. The quantitative estimate of drug-likeness (QED) is 0.523. The molecule has 1 saturated carbocycles. The van der Waals surface area contributed by atoms with Crippen molar-refractivity contribution in [3.05, 3.63) is 0 Å². The van der Waals surface area contributed by atoms with Crippen LogP contribution in [0.5, 0.6) is 0 Å². The van der Waals surface area contributed by atoms with E-state index in [2.05, 4.69) is 0 Å². The Labute approximate surface area is 122 Å². The van der Waals surface area contributed by atoms with Crippen LogP contribution in [-0.2, 0) is 18.0 Å². The van der Waals surface area contributed by atoms with Gasteiger partial charge in [-0.25, -0.2) is 0 Å². The maximum Gasteiger partial charge on any atom is 0.500 e. The lowest BCUT2D eigenvalue weighted by Crippen LogP contribution is -2.46. The first-order chi connectivity index (χ1) is 9.57. The average Bonchev–Trinajstić information content (AvgIpc) is 3.08. The number of fused-ring (bicyclic) bond motifs is 1. The van der Waals surface area contributed by atoms with Crippen molar-refractivity contribution < 1.29 is 23.1 Å². The molecule has 3 atom stereocenters. The molecule has 118 valence electrons. The average molecular weight is 304 g/mol. The van der Waals surface area contributed by atoms with Gasteiger partial charge in [0.25, 0.3) is 0 Å². The predicted molar refractivity (Wildman–Crippen MR) is 77.2 cm³/mol. The van der Waals surface area contributed by atoms with Crippen LogP contribution in [0.1, 0.15) is 46.5 Å². The first-order valence-corrected chi connectivity index (χ1v) is 9.82. The molecule has 0 radical (unpaired) electrons. The second kappa shape index (κ2) is 6.85. The molecule has 1 saturated heterocycles. The smallest absolute Gasteiger partial charge is 0.374 e. The van der Waals surface area contributed by atoms with E-state index in [9.17, 15) is 5.11 Å². The molecule has 1 heterocycles. The zero-order valence-corrected chi connectivity index (χ0v) is 13.9. The first-order valence-electron chi connectivity index (χ1n) is 7.89. The summed E-state index contributed by atoms with van der Waals surface area (Å²) in [6.07, 6.45) is 3.81. The second-order valence-electron chi connectivity index (χ2n) is 5.61. The number of hydrogen-bond donors (Lipinski definition) is 1. The van der Waals surface area contributed by atoms with E-state index in [1.165, 1.54) is 0 Å². The normalized spacial score (nSPS) is 33.0. The van der Waals surface area contributed by atoms with E-state index >= 15 is 0 Å². The van der Waals surface area contributed by atoms with E-state index in [4.69, 9.17) is 18.0 Å². The molecule has 6 heteroatoms. The number of rotatable bonds is 9. The molecule has 2 fully saturated rings. The van der Waals surface area contributed by atoms with Gasteiger partial charge in [-0.05, 0) is 46.0 Å². The fraction of sp³-hybridized carbons (Fsp3) is 1.00. The van der Waals surface area contributed by atoms with Gasteiger partial charge < -0.3 is 23.1 Å². The lowest BCUT2D eigenvalue weighted by Gasteiger charge is -2.30. The van der Waals surface area contributed by atoms with Crippen molar-refractivity contribution in [2.24, 2.45) is 5.92 Å². The Bertz CT molecular complexity index is 297. The molecule has 0 bridgehead atoms. The molecule has 1 aliphatic carbocycles. The Morgan fingerprint density at radius 3 is 2.25 bits per heavy atom. The molecule has 2 aliphatic rings. The number of hydrogen-bond acceptors (Lipinski definition) is 5. The molecule has 2 rings (SSSR count). The molecular formula is C14H28O5Si. The molecular weight excluding hydrogens is 276 g/mol. The molecule has 1 N–H and O–H groups in total. The van der Waals surface area contributed by atoms with E-state index in [0.717, 1.165) is 31.7 Å². The summed E-state index contributed by atoms with van der Waals surface area (Å²) in [5, 5.41) is 9.86. The fourth-order valence-corrected chi connectivity index (χ4v) is 5.90. The molecule has 0 spiro atoms. The summed E-state index contributed by atoms with van der Waals surface area (Å²) in [7, 11) is -2.51. The SMILES string of the molecule is CCO[Si](CCC1CCC2(O)OC2C1)(OCC)OCC. The molecule has 3 unspecified atom stereocenters. The van der Waals surface area contributed by atoms with Gasteiger partial charge in [-0.3, -0.25) is 0 Å². The molecule has 20 heavy (non-hydrogen) atoms. The molecule has 0 amide bonds. The Balaban J connectivity index is 1.84. The largest absolute Gasteiger partial charge is 0.500 e. The summed E-state index contributed by atoms with van der Waals surface area (Å²) >= 11 is 0. The van der Waals surface area contributed by atoms with Crippen molar-refractivity contribution in [3.8, 4) is 0 Å². The Hall–Kier alpha value is 0.0169. The Morgan fingerprint density at radius 1 is 1.15 bits per heavy atom. The minimum atomic E-state index is -2.51. The summed E-state index contributed by atoms with van der Waals surface area (Å²) in [5.74, 6) is -0.207. The summed E-state index contributed by atoms with van der Waals surface area (Å²) in [5.41, 5.74) is 0. The van der Waals surface area contributed by atoms with Gasteiger partial charge in [0, 0.05) is 32.3 Å². The van der Waals surface area contributed by atoms with Crippen LogP contribution in [0, 0.1) is 5.92 Å². The van der Waals surface area contributed by atoms with Crippen LogP contribution in [-0.4, -0.2) is 45.6 Å². The van der Waals surface area contributed by atoms with Gasteiger partial charge in [0.2, 0.25) is 0 Å². The van der Waals surface area contributed by atoms with Crippen LogP contribution in [0.25, 0.3) is 0 Å². The number of aliphatic hydroxyl groups is 1. The Kier molecular flexibility index (Phi) is 5.61. The highest BCUT2D eigenvalue weighted by Gasteiger charge is 2.58. The maximum atomic E-state index is 9.86. The van der Waals surface area contributed by atoms with Crippen molar-refractivity contribution in [2.75, 3.05) is 19.8 Å². The van der Waals surface area contributed by atoms with E-state index in [-0.39, 0.29) is 6.10 Å². The standard InChI is InChI=1S/C14H28O5Si/c1-4-16-20(17-5-2,18-6-3)10-8-12-7-9-14(15)13(11-12)19-14/h12-13,15H,4-11H2,1-3H3. The van der Waals surface area contributed by atoms with Crippen molar-refractivity contribution in [1.82, 2.24) is 0 Å². The van der Waals surface area contributed by atoms with Crippen molar-refractivity contribution in [2.45, 2.75) is 64.4 Å². The third-order valence-electron chi connectivity index (χ3n) is 4.20. The molecule has 0 aromatic rings. The van der Waals surface area contributed by atoms with Crippen molar-refractivity contribution >= 4 is 8.80 Å². The maximum absolute atomic E-state index is 9.86. The van der Waals surface area contributed by atoms with Gasteiger partial charge in [0.15, 0.2) is 5.79 Å². The van der Waals surface area contributed by atoms with Crippen molar-refractivity contribution in [1.29, 1.82) is 0 Å². The zero-order valence-electron chi connectivity index (χ0n) is 12.9. The second-order valence-corrected chi connectivity index (χ2v) is 8.34. The van der Waals surface area contributed by atoms with Crippen LogP contribution < -0.4 is 0 Å². The van der Waals surface area contributed by atoms with Crippen LogP contribution >= 0.6 is 0 Å². The molecule has 0 aromatic carbocycles. The third kappa shape index (κ3) is 3.81. The minimum Gasteiger partial charge on any atom is -0.374 e. The third-order valence-corrected chi connectivity index (χ3v) is 7.29. The van der Waals surface area contributed by atoms with Crippen LogP contribution in [0.2, 0.25) is 6.04 Å². The summed E-state index contributed by atoms with van der Waals surface area (Å²) in [4.78, 5) is 0. The van der Waals surface area contributed by atoms with Gasteiger partial charge >= 0.3 is 8.80 Å². The molecule has 1 aliphatic heterocycles. The van der Waals surface area contributed by atoms with E-state index in [1.807, 2.05) is 20.8 Å². The van der Waals surface area contributed by atoms with Crippen LogP contribution in [0.3, 0.4) is 0 Å². The summed E-state index contributed by atoms with van der Waals surface area (Å²) in [6.45, 7) is 7.84. The van der Waals surface area contributed by atoms with Gasteiger partial charge in [-0.1, -0.05) is 0 Å². The van der Waals surface area contributed by atoms with E-state index in [1.54, 1.807) is 0 Å². The van der Waals surface area contributed by atoms with E-state index in [0.29, 0.717) is 25.7 Å². The fourth-order valence-electron chi connectivity index (χ4n) is 3.14.